The van der Waals surface area contributed by atoms with Gasteiger partial charge in [-0.1, -0.05) is 23.8 Å². The maximum atomic E-state index is 11.8. The summed E-state index contributed by atoms with van der Waals surface area (Å²) >= 11 is 0. The second-order valence-electron chi connectivity index (χ2n) is 4.45. The maximum Gasteiger partial charge on any atom is 0.337 e. The summed E-state index contributed by atoms with van der Waals surface area (Å²) in [6.45, 7) is 6.86. The molecule has 18 heavy (non-hydrogen) atoms. The highest BCUT2D eigenvalue weighted by molar-refractivity contribution is 5.88. The quantitative estimate of drug-likeness (QED) is 0.506. The molecule has 0 heterocycles. The molecule has 4 heteroatoms. The van der Waals surface area contributed by atoms with Crippen LogP contribution in [0.4, 0.5) is 0 Å². The van der Waals surface area contributed by atoms with Crippen LogP contribution < -0.4 is 10.5 Å². The van der Waals surface area contributed by atoms with Crippen molar-refractivity contribution in [3.8, 4) is 5.75 Å². The van der Waals surface area contributed by atoms with Crippen molar-refractivity contribution in [1.82, 2.24) is 0 Å². The Hall–Kier alpha value is -1.81. The minimum Gasteiger partial charge on any atom is -0.440 e. The largest absolute Gasteiger partial charge is 0.440 e. The van der Waals surface area contributed by atoms with Gasteiger partial charge in [0.15, 0.2) is 0 Å². The fourth-order valence-corrected chi connectivity index (χ4v) is 1.21. The molecule has 1 aromatic rings. The van der Waals surface area contributed by atoms with E-state index in [2.05, 4.69) is 0 Å². The van der Waals surface area contributed by atoms with Crippen LogP contribution in [0.25, 0.3) is 0 Å². The number of nitrogens with two attached hydrogens (primary N) is 1. The summed E-state index contributed by atoms with van der Waals surface area (Å²) < 4.78 is 10.5. The van der Waals surface area contributed by atoms with Crippen LogP contribution in [0.3, 0.4) is 0 Å². The number of ether oxygens (including phenoxy) is 2. The lowest BCUT2D eigenvalue weighted by atomic mass is 10.2. The smallest absolute Gasteiger partial charge is 0.337 e. The lowest BCUT2D eigenvalue weighted by Crippen LogP contribution is -2.47. The predicted molar refractivity (Wildman–Crippen MR) is 69.8 cm³/mol. The highest BCUT2D eigenvalue weighted by atomic mass is 16.7. The molecular weight excluding hydrogens is 230 g/mol. The van der Waals surface area contributed by atoms with Crippen molar-refractivity contribution in [3.63, 3.8) is 0 Å². The number of rotatable bonds is 4. The molecule has 0 spiro atoms. The molecule has 0 aliphatic carbocycles. The van der Waals surface area contributed by atoms with E-state index in [4.69, 9.17) is 15.2 Å². The van der Waals surface area contributed by atoms with Crippen LogP contribution in [-0.2, 0) is 9.53 Å². The van der Waals surface area contributed by atoms with Gasteiger partial charge in [0.25, 0.3) is 0 Å². The van der Waals surface area contributed by atoms with E-state index >= 15 is 0 Å². The zero-order chi connectivity index (χ0) is 13.8. The minimum atomic E-state index is -1.49. The topological polar surface area (TPSA) is 61.5 Å². The number of hydrogen-bond acceptors (Lipinski definition) is 4. The minimum absolute atomic E-state index is 0.476. The molecule has 1 aromatic carbocycles. The van der Waals surface area contributed by atoms with Crippen LogP contribution in [0.1, 0.15) is 27.7 Å². The standard InChI is InChI=1S/C14H19NO3/c1-10(2)11(3)13(16)18-14(4,15)17-12-8-6-5-7-9-12/h5-9H,15H2,1-4H3. The van der Waals surface area contributed by atoms with Crippen LogP contribution in [-0.4, -0.2) is 11.9 Å². The number of carbonyl (C=O) groups is 1. The number of esters is 1. The summed E-state index contributed by atoms with van der Waals surface area (Å²) in [6.07, 6.45) is 0. The van der Waals surface area contributed by atoms with Gasteiger partial charge in [0.2, 0.25) is 0 Å². The summed E-state index contributed by atoms with van der Waals surface area (Å²) in [5.74, 6) is -1.42. The Morgan fingerprint density at radius 1 is 1.17 bits per heavy atom. The molecule has 0 aromatic heterocycles. The Morgan fingerprint density at radius 3 is 2.22 bits per heavy atom. The third kappa shape index (κ3) is 4.22. The Bertz CT molecular complexity index is 445. The van der Waals surface area contributed by atoms with Crippen LogP contribution >= 0.6 is 0 Å². The van der Waals surface area contributed by atoms with E-state index in [1.807, 2.05) is 32.0 Å². The van der Waals surface area contributed by atoms with Crippen molar-refractivity contribution in [2.24, 2.45) is 5.73 Å². The van der Waals surface area contributed by atoms with Gasteiger partial charge in [-0.2, -0.15) is 0 Å². The fourth-order valence-electron chi connectivity index (χ4n) is 1.21. The second-order valence-corrected chi connectivity index (χ2v) is 4.45. The van der Waals surface area contributed by atoms with Crippen LogP contribution in [0.5, 0.6) is 5.75 Å². The summed E-state index contributed by atoms with van der Waals surface area (Å²) in [7, 11) is 0. The zero-order valence-corrected chi connectivity index (χ0v) is 11.2. The number of hydrogen-bond donors (Lipinski definition) is 1. The van der Waals surface area contributed by atoms with E-state index < -0.39 is 11.9 Å². The number of carbonyl (C=O) groups excluding carboxylic acids is 1. The predicted octanol–water partition coefficient (Wildman–Crippen LogP) is 2.60. The number of benzene rings is 1. The van der Waals surface area contributed by atoms with Crippen molar-refractivity contribution >= 4 is 5.97 Å². The van der Waals surface area contributed by atoms with E-state index in [9.17, 15) is 4.79 Å². The molecular formula is C14H19NO3. The first-order valence-electron chi connectivity index (χ1n) is 5.72. The molecule has 4 nitrogen and oxygen atoms in total. The first-order valence-corrected chi connectivity index (χ1v) is 5.72. The van der Waals surface area contributed by atoms with Crippen LogP contribution in [0.2, 0.25) is 0 Å². The average Bonchev–Trinajstić information content (AvgIpc) is 2.27. The lowest BCUT2D eigenvalue weighted by Gasteiger charge is -2.25. The summed E-state index contributed by atoms with van der Waals surface area (Å²) in [4.78, 5) is 11.8. The molecule has 1 unspecified atom stereocenters. The van der Waals surface area contributed by atoms with Gasteiger partial charge in [-0.15, -0.1) is 0 Å². The van der Waals surface area contributed by atoms with Gasteiger partial charge in [-0.25, -0.2) is 4.79 Å². The van der Waals surface area contributed by atoms with Gasteiger partial charge >= 0.3 is 11.9 Å². The highest BCUT2D eigenvalue weighted by Gasteiger charge is 2.26. The first-order chi connectivity index (χ1) is 8.32. The number of allylic oxidation sites excluding steroid dienone is 1. The Balaban J connectivity index is 2.71. The van der Waals surface area contributed by atoms with Crippen molar-refractivity contribution < 1.29 is 14.3 Å². The zero-order valence-electron chi connectivity index (χ0n) is 11.2. The third-order valence-corrected chi connectivity index (χ3v) is 2.42. The van der Waals surface area contributed by atoms with Crippen LogP contribution in [0.15, 0.2) is 41.5 Å². The maximum absolute atomic E-state index is 11.8. The first kappa shape index (κ1) is 14.3. The SMILES string of the molecule is CC(C)=C(C)C(=O)OC(C)(N)Oc1ccccc1. The molecule has 0 saturated heterocycles. The van der Waals surface area contributed by atoms with Crippen molar-refractivity contribution in [3.05, 3.63) is 41.5 Å². The average molecular weight is 249 g/mol. The van der Waals surface area contributed by atoms with Crippen molar-refractivity contribution in [2.75, 3.05) is 0 Å². The van der Waals surface area contributed by atoms with Gasteiger partial charge in [0.1, 0.15) is 5.75 Å². The Kier molecular flexibility index (Phi) is 4.50. The summed E-state index contributed by atoms with van der Waals surface area (Å²) in [6, 6.07) is 8.97. The van der Waals surface area contributed by atoms with Gasteiger partial charge < -0.3 is 9.47 Å². The molecule has 0 amide bonds. The highest BCUT2D eigenvalue weighted by Crippen LogP contribution is 2.17. The number of para-hydroxylation sites is 1. The van der Waals surface area contributed by atoms with Gasteiger partial charge in [0, 0.05) is 12.5 Å². The van der Waals surface area contributed by atoms with E-state index in [0.29, 0.717) is 11.3 Å². The molecule has 2 N–H and O–H groups in total. The monoisotopic (exact) mass is 249 g/mol. The van der Waals surface area contributed by atoms with Crippen molar-refractivity contribution in [2.45, 2.75) is 33.6 Å². The fraction of sp³-hybridized carbons (Fsp3) is 0.357. The van der Waals surface area contributed by atoms with Gasteiger partial charge in [0.05, 0.1) is 0 Å². The molecule has 0 bridgehead atoms. The van der Waals surface area contributed by atoms with E-state index in [0.717, 1.165) is 5.57 Å². The van der Waals surface area contributed by atoms with Gasteiger partial charge in [-0.3, -0.25) is 5.73 Å². The summed E-state index contributed by atoms with van der Waals surface area (Å²) in [5, 5.41) is 0. The van der Waals surface area contributed by atoms with Crippen molar-refractivity contribution in [1.29, 1.82) is 0 Å². The summed E-state index contributed by atoms with van der Waals surface area (Å²) in [5.41, 5.74) is 7.22. The van der Waals surface area contributed by atoms with Crippen LogP contribution in [0, 0.1) is 0 Å². The Labute approximate surface area is 107 Å². The van der Waals surface area contributed by atoms with Gasteiger partial charge in [-0.05, 0) is 32.9 Å². The lowest BCUT2D eigenvalue weighted by molar-refractivity contribution is -0.185. The molecule has 0 aliphatic rings. The molecule has 98 valence electrons. The normalized spacial score (nSPS) is 13.4. The Morgan fingerprint density at radius 2 is 1.72 bits per heavy atom. The molecule has 0 aliphatic heterocycles. The third-order valence-electron chi connectivity index (χ3n) is 2.42. The molecule has 1 rings (SSSR count). The van der Waals surface area contributed by atoms with E-state index in [-0.39, 0.29) is 0 Å². The molecule has 0 fully saturated rings. The van der Waals surface area contributed by atoms with E-state index in [1.54, 1.807) is 19.1 Å². The molecule has 0 saturated carbocycles. The molecule has 1 atom stereocenters. The second kappa shape index (κ2) is 5.69. The van der Waals surface area contributed by atoms with E-state index in [1.165, 1.54) is 6.92 Å². The molecule has 0 radical (unpaired) electrons.